The van der Waals surface area contributed by atoms with E-state index in [1.165, 1.54) is 0 Å². The molecule has 0 unspecified atom stereocenters. The molecule has 0 saturated heterocycles. The molecule has 2 aromatic carbocycles. The number of nitrogens with one attached hydrogen (secondary N) is 2. The average molecular weight is 358 g/mol. The van der Waals surface area contributed by atoms with Crippen LogP contribution in [-0.2, 0) is 16.1 Å². The summed E-state index contributed by atoms with van der Waals surface area (Å²) in [6.07, 6.45) is 0. The van der Waals surface area contributed by atoms with Crippen LogP contribution >= 0.6 is 34.8 Å². The van der Waals surface area contributed by atoms with Crippen LogP contribution in [-0.4, -0.2) is 11.8 Å². The molecule has 7 heteroatoms. The maximum Gasteiger partial charge on any atom is 0.313 e. The first-order chi connectivity index (χ1) is 10.5. The molecule has 0 spiro atoms. The second-order valence-corrected chi connectivity index (χ2v) is 5.61. The Balaban J connectivity index is 1.95. The molecule has 0 fully saturated rings. The summed E-state index contributed by atoms with van der Waals surface area (Å²) in [5.41, 5.74) is 1.03. The second kappa shape index (κ2) is 7.49. The lowest BCUT2D eigenvalue weighted by molar-refractivity contribution is -0.136. The fourth-order valence-electron chi connectivity index (χ4n) is 1.65. The number of hydrogen-bond donors (Lipinski definition) is 2. The number of halogens is 3. The molecule has 22 heavy (non-hydrogen) atoms. The number of carbonyl (C=O) groups is 2. The third-order valence-corrected chi connectivity index (χ3v) is 3.66. The molecule has 4 nitrogen and oxygen atoms in total. The van der Waals surface area contributed by atoms with Gasteiger partial charge in [-0.2, -0.15) is 0 Å². The van der Waals surface area contributed by atoms with Crippen LogP contribution in [0.4, 0.5) is 5.69 Å². The van der Waals surface area contributed by atoms with Gasteiger partial charge in [0.05, 0.1) is 15.7 Å². The van der Waals surface area contributed by atoms with Crippen LogP contribution in [0.2, 0.25) is 15.1 Å². The van der Waals surface area contributed by atoms with Crippen molar-refractivity contribution in [3.8, 4) is 0 Å². The third kappa shape index (κ3) is 4.37. The first-order valence-corrected chi connectivity index (χ1v) is 7.38. The average Bonchev–Trinajstić information content (AvgIpc) is 2.50. The minimum Gasteiger partial charge on any atom is -0.344 e. The molecule has 0 saturated carbocycles. The van der Waals surface area contributed by atoms with Gasteiger partial charge in [0.15, 0.2) is 0 Å². The molecule has 0 aliphatic rings. The monoisotopic (exact) mass is 356 g/mol. The minimum absolute atomic E-state index is 0.206. The smallest absolute Gasteiger partial charge is 0.313 e. The second-order valence-electron chi connectivity index (χ2n) is 4.36. The van der Waals surface area contributed by atoms with Crippen molar-refractivity contribution in [2.45, 2.75) is 6.54 Å². The Morgan fingerprint density at radius 1 is 0.864 bits per heavy atom. The number of carbonyl (C=O) groups excluding carboxylic acids is 2. The van der Waals surface area contributed by atoms with Crippen molar-refractivity contribution in [3.05, 3.63) is 63.1 Å². The van der Waals surface area contributed by atoms with E-state index in [2.05, 4.69) is 10.6 Å². The summed E-state index contributed by atoms with van der Waals surface area (Å²) >= 11 is 17.6. The number of rotatable bonds is 3. The van der Waals surface area contributed by atoms with Gasteiger partial charge in [0.1, 0.15) is 0 Å². The molecule has 2 aromatic rings. The number of para-hydroxylation sites is 1. The van der Waals surface area contributed by atoms with Gasteiger partial charge in [-0.15, -0.1) is 0 Å². The zero-order chi connectivity index (χ0) is 16.1. The lowest BCUT2D eigenvalue weighted by Gasteiger charge is -2.09. The molecular formula is C15H11Cl3N2O2. The van der Waals surface area contributed by atoms with Gasteiger partial charge in [-0.3, -0.25) is 9.59 Å². The predicted molar refractivity (Wildman–Crippen MR) is 88.4 cm³/mol. The number of hydrogen-bond acceptors (Lipinski definition) is 2. The van der Waals surface area contributed by atoms with Crippen molar-refractivity contribution in [2.24, 2.45) is 0 Å². The summed E-state index contributed by atoms with van der Waals surface area (Å²) in [6.45, 7) is 0.208. The molecule has 0 aromatic heterocycles. The lowest BCUT2D eigenvalue weighted by atomic mass is 10.2. The SMILES string of the molecule is O=C(NCc1ccc(Cl)cc1)C(=O)Nc1c(Cl)cccc1Cl. The van der Waals surface area contributed by atoms with Crippen LogP contribution in [0.15, 0.2) is 42.5 Å². The number of benzene rings is 2. The fourth-order valence-corrected chi connectivity index (χ4v) is 2.27. The predicted octanol–water partition coefficient (Wildman–Crippen LogP) is 3.90. The van der Waals surface area contributed by atoms with Crippen molar-refractivity contribution in [1.82, 2.24) is 5.32 Å². The first kappa shape index (κ1) is 16.6. The van der Waals surface area contributed by atoms with E-state index in [0.717, 1.165) is 5.56 Å². The largest absolute Gasteiger partial charge is 0.344 e. The van der Waals surface area contributed by atoms with Crippen LogP contribution in [0.5, 0.6) is 0 Å². The van der Waals surface area contributed by atoms with Gasteiger partial charge in [-0.05, 0) is 29.8 Å². The lowest BCUT2D eigenvalue weighted by Crippen LogP contribution is -2.35. The van der Waals surface area contributed by atoms with Crippen molar-refractivity contribution in [3.63, 3.8) is 0 Å². The standard InChI is InChI=1S/C15H11Cl3N2O2/c16-10-6-4-9(5-7-10)8-19-14(21)15(22)20-13-11(17)2-1-3-12(13)18/h1-7H,8H2,(H,19,21)(H,20,22). The van der Waals surface area contributed by atoms with Crippen LogP contribution in [0, 0.1) is 0 Å². The highest BCUT2D eigenvalue weighted by Gasteiger charge is 2.16. The van der Waals surface area contributed by atoms with Gasteiger partial charge in [0.25, 0.3) is 0 Å². The highest BCUT2D eigenvalue weighted by molar-refractivity contribution is 6.44. The van der Waals surface area contributed by atoms with Crippen LogP contribution in [0.25, 0.3) is 0 Å². The molecule has 114 valence electrons. The van der Waals surface area contributed by atoms with Crippen molar-refractivity contribution in [1.29, 1.82) is 0 Å². The molecule has 0 heterocycles. The molecule has 0 atom stereocenters. The quantitative estimate of drug-likeness (QED) is 0.819. The summed E-state index contributed by atoms with van der Waals surface area (Å²) < 4.78 is 0. The van der Waals surface area contributed by atoms with E-state index < -0.39 is 11.8 Å². The zero-order valence-electron chi connectivity index (χ0n) is 11.2. The Bertz CT molecular complexity index is 682. The van der Waals surface area contributed by atoms with Crippen LogP contribution in [0.3, 0.4) is 0 Å². The summed E-state index contributed by atoms with van der Waals surface area (Å²) in [7, 11) is 0. The van der Waals surface area contributed by atoms with E-state index in [-0.39, 0.29) is 22.3 Å². The topological polar surface area (TPSA) is 58.2 Å². The molecule has 0 aliphatic heterocycles. The molecule has 0 radical (unpaired) electrons. The van der Waals surface area contributed by atoms with E-state index in [0.29, 0.717) is 5.02 Å². The van der Waals surface area contributed by atoms with E-state index in [1.54, 1.807) is 42.5 Å². The maximum atomic E-state index is 11.8. The minimum atomic E-state index is -0.844. The Kier molecular flexibility index (Phi) is 5.66. The molecule has 2 N–H and O–H groups in total. The molecule has 2 rings (SSSR count). The Hall–Kier alpha value is -1.75. The van der Waals surface area contributed by atoms with E-state index >= 15 is 0 Å². The molecular weight excluding hydrogens is 347 g/mol. The summed E-state index contributed by atoms with van der Waals surface area (Å²) in [6, 6.07) is 11.7. The number of anilines is 1. The zero-order valence-corrected chi connectivity index (χ0v) is 13.5. The third-order valence-electron chi connectivity index (χ3n) is 2.77. The Morgan fingerprint density at radius 2 is 1.45 bits per heavy atom. The number of amides is 2. The van der Waals surface area contributed by atoms with E-state index in [1.807, 2.05) is 0 Å². The van der Waals surface area contributed by atoms with Crippen molar-refractivity contribution in [2.75, 3.05) is 5.32 Å². The van der Waals surface area contributed by atoms with Gasteiger partial charge >= 0.3 is 11.8 Å². The van der Waals surface area contributed by atoms with Gasteiger partial charge in [0.2, 0.25) is 0 Å². The molecule has 2 amide bonds. The fraction of sp³-hybridized carbons (Fsp3) is 0.0667. The summed E-state index contributed by atoms with van der Waals surface area (Å²) in [5, 5.41) is 5.99. The summed E-state index contributed by atoms with van der Waals surface area (Å²) in [5.74, 6) is -1.63. The maximum absolute atomic E-state index is 11.8. The highest BCUT2D eigenvalue weighted by Crippen LogP contribution is 2.29. The van der Waals surface area contributed by atoms with Gasteiger partial charge in [0, 0.05) is 11.6 Å². The van der Waals surface area contributed by atoms with Crippen LogP contribution in [0.1, 0.15) is 5.56 Å². The van der Waals surface area contributed by atoms with Gasteiger partial charge in [-0.1, -0.05) is 53.0 Å². The Labute approximate surface area is 142 Å². The first-order valence-electron chi connectivity index (χ1n) is 6.25. The van der Waals surface area contributed by atoms with Crippen molar-refractivity contribution < 1.29 is 9.59 Å². The van der Waals surface area contributed by atoms with Gasteiger partial charge in [-0.25, -0.2) is 0 Å². The molecule has 0 bridgehead atoms. The Morgan fingerprint density at radius 3 is 2.05 bits per heavy atom. The summed E-state index contributed by atoms with van der Waals surface area (Å²) in [4.78, 5) is 23.6. The van der Waals surface area contributed by atoms with Crippen molar-refractivity contribution >= 4 is 52.3 Å². The van der Waals surface area contributed by atoms with Gasteiger partial charge < -0.3 is 10.6 Å². The van der Waals surface area contributed by atoms with E-state index in [9.17, 15) is 9.59 Å². The normalized spacial score (nSPS) is 10.1. The van der Waals surface area contributed by atoms with Crippen LogP contribution < -0.4 is 10.6 Å². The highest BCUT2D eigenvalue weighted by atomic mass is 35.5. The van der Waals surface area contributed by atoms with E-state index in [4.69, 9.17) is 34.8 Å². The molecule has 0 aliphatic carbocycles.